The molecule has 7 nitrogen and oxygen atoms in total. The van der Waals surface area contributed by atoms with Gasteiger partial charge in [0.25, 0.3) is 10.9 Å². The van der Waals surface area contributed by atoms with Gasteiger partial charge in [0, 0.05) is 6.92 Å². The van der Waals surface area contributed by atoms with Crippen molar-refractivity contribution in [2.75, 3.05) is 7.11 Å². The molecule has 1 N–H and O–H groups in total. The summed E-state index contributed by atoms with van der Waals surface area (Å²) in [7, 11) is 0.493. The van der Waals surface area contributed by atoms with E-state index in [-0.39, 0.29) is 11.3 Å². The van der Waals surface area contributed by atoms with Gasteiger partial charge >= 0.3 is 13.1 Å². The van der Waals surface area contributed by atoms with Crippen LogP contribution in [0.1, 0.15) is 31.1 Å². The summed E-state index contributed by atoms with van der Waals surface area (Å²) in [5.74, 6) is -0.825. The van der Waals surface area contributed by atoms with Gasteiger partial charge in [0.2, 0.25) is 0 Å². The van der Waals surface area contributed by atoms with Crippen LogP contribution in [0.3, 0.4) is 0 Å². The van der Waals surface area contributed by atoms with Gasteiger partial charge in [0.15, 0.2) is 6.20 Å². The van der Waals surface area contributed by atoms with E-state index in [0.717, 1.165) is 0 Å². The lowest BCUT2D eigenvalue weighted by atomic mass is 9.78. The Labute approximate surface area is 156 Å². The number of nitrogens with zero attached hydrogens (tertiary/aromatic N) is 2. The van der Waals surface area contributed by atoms with E-state index < -0.39 is 24.4 Å². The van der Waals surface area contributed by atoms with E-state index in [1.54, 1.807) is 23.0 Å². The average molecular weight is 378 g/mol. The lowest BCUT2D eigenvalue weighted by Gasteiger charge is -2.30. The Bertz CT molecular complexity index is 863. The fraction of sp³-hybridized carbons (Fsp3) is 0.353. The predicted molar refractivity (Wildman–Crippen MR) is 94.2 cm³/mol. The summed E-state index contributed by atoms with van der Waals surface area (Å²) in [6.45, 7) is 5.64. The molecule has 0 radical (unpaired) electrons. The minimum atomic E-state index is -0.922. The number of ether oxygens (including phenoxy) is 1. The Kier molecular flexibility index (Phi) is 4.68. The molecule has 0 bridgehead atoms. The number of halogens is 1. The molecule has 1 atom stereocenters. The first-order chi connectivity index (χ1) is 12.2. The summed E-state index contributed by atoms with van der Waals surface area (Å²) in [5.41, 5.74) is -1.03. The number of phenols is 1. The van der Waals surface area contributed by atoms with E-state index in [4.69, 9.17) is 20.9 Å². The van der Waals surface area contributed by atoms with Crippen molar-refractivity contribution in [3.05, 3.63) is 47.5 Å². The molecule has 9 heteroatoms. The van der Waals surface area contributed by atoms with Gasteiger partial charge in [0.05, 0.1) is 13.3 Å². The fourth-order valence-corrected chi connectivity index (χ4v) is 3.18. The number of carbonyl (C=O) groups excluding carboxylic acids is 1. The van der Waals surface area contributed by atoms with Crippen LogP contribution in [0.5, 0.6) is 5.75 Å². The van der Waals surface area contributed by atoms with Crippen LogP contribution in [0.25, 0.3) is 0 Å². The predicted octanol–water partition coefficient (Wildman–Crippen LogP) is 1.41. The maximum Gasteiger partial charge on any atom is 0.499 e. The number of carbonyl (C=O) groups is 1. The molecule has 1 aromatic carbocycles. The number of benzene rings is 1. The number of phenolic OH excluding ortho intramolecular Hbond substituents is 1. The summed E-state index contributed by atoms with van der Waals surface area (Å²) >= 11 is 6.29. The quantitative estimate of drug-likeness (QED) is 0.495. The molecular formula is C17H19BClN2O5+. The Morgan fingerprint density at radius 1 is 1.35 bits per heavy atom. The molecule has 0 saturated carbocycles. The van der Waals surface area contributed by atoms with Gasteiger partial charge in [-0.25, -0.2) is 4.79 Å². The Hall–Kier alpha value is -2.16. The van der Waals surface area contributed by atoms with E-state index >= 15 is 0 Å². The summed E-state index contributed by atoms with van der Waals surface area (Å²) in [6.07, 6.45) is 4.85. The Morgan fingerprint density at radius 2 is 2.08 bits per heavy atom. The van der Waals surface area contributed by atoms with Crippen molar-refractivity contribution in [1.29, 1.82) is 0 Å². The maximum absolute atomic E-state index is 11.6. The van der Waals surface area contributed by atoms with E-state index in [0.29, 0.717) is 10.6 Å². The number of hydrogen-bond acceptors (Lipinski definition) is 6. The molecule has 1 aliphatic rings. The first-order valence-corrected chi connectivity index (χ1v) is 8.36. The third-order valence-electron chi connectivity index (χ3n) is 4.73. The zero-order valence-corrected chi connectivity index (χ0v) is 15.6. The summed E-state index contributed by atoms with van der Waals surface area (Å²) in [4.78, 5) is 15.6. The molecule has 26 heavy (non-hydrogen) atoms. The van der Waals surface area contributed by atoms with E-state index in [2.05, 4.69) is 9.72 Å². The smallest absolute Gasteiger partial charge is 0.499 e. The molecule has 3 rings (SSSR count). The molecule has 1 aliphatic heterocycles. The average Bonchev–Trinajstić information content (AvgIpc) is 2.85. The highest BCUT2D eigenvalue weighted by atomic mass is 35.5. The Morgan fingerprint density at radius 3 is 2.69 bits per heavy atom. The molecule has 1 unspecified atom stereocenters. The number of aromatic hydroxyl groups is 1. The van der Waals surface area contributed by atoms with Crippen molar-refractivity contribution in [2.24, 2.45) is 0 Å². The van der Waals surface area contributed by atoms with Crippen LogP contribution in [0.15, 0.2) is 36.8 Å². The van der Waals surface area contributed by atoms with Crippen LogP contribution in [0.4, 0.5) is 0 Å². The van der Waals surface area contributed by atoms with Crippen LogP contribution in [0.2, 0.25) is 5.15 Å². The number of rotatable bonds is 3. The first kappa shape index (κ1) is 18.6. The van der Waals surface area contributed by atoms with Crippen molar-refractivity contribution in [2.45, 2.75) is 32.1 Å². The standard InChI is InChI=1S/C17H18BClN2O5/c1-16(2)17(3,21-8-7-20-10-14(21)19)26-18(25-16)11-5-6-12(13(22)9-11)15(23)24-4/h5-10H,1-4H3/p+1. The second-order valence-corrected chi connectivity index (χ2v) is 6.99. The molecule has 2 heterocycles. The second kappa shape index (κ2) is 6.53. The molecule has 0 amide bonds. The van der Waals surface area contributed by atoms with Crippen LogP contribution in [-0.4, -0.2) is 35.9 Å². The molecular weight excluding hydrogens is 358 g/mol. The van der Waals surface area contributed by atoms with Gasteiger partial charge in [-0.15, -0.1) is 0 Å². The van der Waals surface area contributed by atoms with Crippen LogP contribution in [-0.2, 0) is 19.8 Å². The van der Waals surface area contributed by atoms with E-state index in [1.165, 1.54) is 25.4 Å². The van der Waals surface area contributed by atoms with Gasteiger partial charge in [-0.3, -0.25) is 4.98 Å². The summed E-state index contributed by atoms with van der Waals surface area (Å²) in [6, 6.07) is 4.55. The number of esters is 1. The summed E-state index contributed by atoms with van der Waals surface area (Å²) in [5, 5.41) is 10.5. The van der Waals surface area contributed by atoms with Crippen LogP contribution >= 0.6 is 11.6 Å². The second-order valence-electron chi connectivity index (χ2n) is 6.60. The van der Waals surface area contributed by atoms with Crippen molar-refractivity contribution >= 4 is 30.2 Å². The van der Waals surface area contributed by atoms with Crippen LogP contribution < -0.4 is 10.0 Å². The van der Waals surface area contributed by atoms with E-state index in [1.807, 2.05) is 20.8 Å². The van der Waals surface area contributed by atoms with Gasteiger partial charge < -0.3 is 19.2 Å². The van der Waals surface area contributed by atoms with Gasteiger partial charge in [0.1, 0.15) is 23.1 Å². The fourth-order valence-electron chi connectivity index (χ4n) is 2.90. The van der Waals surface area contributed by atoms with Crippen molar-refractivity contribution < 1.29 is 28.5 Å². The molecule has 0 aliphatic carbocycles. The first-order valence-electron chi connectivity index (χ1n) is 7.98. The highest BCUT2D eigenvalue weighted by molar-refractivity contribution is 6.62. The SMILES string of the molecule is COC(=O)c1ccc(B2OC(C)(C)C(C)([n+]3ccncc3Cl)O2)cc1O. The molecule has 0 spiro atoms. The Balaban J connectivity index is 1.97. The normalized spacial score (nSPS) is 21.7. The third kappa shape index (κ3) is 2.94. The lowest BCUT2D eigenvalue weighted by Crippen LogP contribution is -2.64. The largest absolute Gasteiger partial charge is 0.507 e. The van der Waals surface area contributed by atoms with E-state index in [9.17, 15) is 9.90 Å². The molecule has 2 aromatic rings. The zero-order chi connectivity index (χ0) is 19.1. The van der Waals surface area contributed by atoms with Gasteiger partial charge in [-0.1, -0.05) is 6.07 Å². The molecule has 1 saturated heterocycles. The van der Waals surface area contributed by atoms with Crippen molar-refractivity contribution in [1.82, 2.24) is 4.98 Å². The van der Waals surface area contributed by atoms with Crippen molar-refractivity contribution in [3.63, 3.8) is 0 Å². The monoisotopic (exact) mass is 377 g/mol. The van der Waals surface area contributed by atoms with Crippen LogP contribution in [0, 0.1) is 0 Å². The number of hydrogen-bond donors (Lipinski definition) is 1. The highest BCUT2D eigenvalue weighted by Crippen LogP contribution is 2.38. The minimum absolute atomic E-state index is 0.0721. The zero-order valence-electron chi connectivity index (χ0n) is 14.9. The number of aromatic nitrogens is 2. The molecule has 1 aromatic heterocycles. The maximum atomic E-state index is 11.6. The minimum Gasteiger partial charge on any atom is -0.507 e. The summed E-state index contributed by atoms with van der Waals surface area (Å²) < 4.78 is 18.7. The molecule has 136 valence electrons. The lowest BCUT2D eigenvalue weighted by molar-refractivity contribution is -0.804. The van der Waals surface area contributed by atoms with Gasteiger partial charge in [-0.2, -0.15) is 4.57 Å². The van der Waals surface area contributed by atoms with Crippen molar-refractivity contribution in [3.8, 4) is 5.75 Å². The number of methoxy groups -OCH3 is 1. The third-order valence-corrected chi connectivity index (χ3v) is 5.01. The molecule has 1 fully saturated rings. The topological polar surface area (TPSA) is 81.8 Å². The van der Waals surface area contributed by atoms with Gasteiger partial charge in [-0.05, 0) is 43.0 Å². The highest BCUT2D eigenvalue weighted by Gasteiger charge is 2.62.